The van der Waals surface area contributed by atoms with Crippen molar-refractivity contribution in [3.8, 4) is 0 Å². The van der Waals surface area contributed by atoms with Crippen molar-refractivity contribution >= 4 is 10.9 Å². The van der Waals surface area contributed by atoms with Crippen LogP contribution in [0.3, 0.4) is 0 Å². The third-order valence-electron chi connectivity index (χ3n) is 3.17. The van der Waals surface area contributed by atoms with Crippen molar-refractivity contribution in [2.75, 3.05) is 0 Å². The molecule has 0 amide bonds. The van der Waals surface area contributed by atoms with Crippen LogP contribution in [0, 0.1) is 0 Å². The van der Waals surface area contributed by atoms with Gasteiger partial charge in [-0.2, -0.15) is 0 Å². The molecular weight excluding hydrogens is 224 g/mol. The minimum absolute atomic E-state index is 0.0655. The average Bonchev–Trinajstić information content (AvgIpc) is 2.86. The van der Waals surface area contributed by atoms with Crippen molar-refractivity contribution in [2.24, 2.45) is 0 Å². The monoisotopic (exact) mass is 238 g/mol. The number of benzene rings is 1. The van der Waals surface area contributed by atoms with E-state index in [4.69, 9.17) is 0 Å². The molecule has 0 unspecified atom stereocenters. The number of nitrogens with zero attached hydrogens (tertiary/aromatic N) is 2. The van der Waals surface area contributed by atoms with Crippen LogP contribution in [0.5, 0.6) is 0 Å². The fourth-order valence-corrected chi connectivity index (χ4v) is 2.22. The van der Waals surface area contributed by atoms with Crippen molar-refractivity contribution in [2.45, 2.75) is 13.2 Å². The number of fused-ring (bicyclic) bond motifs is 1. The van der Waals surface area contributed by atoms with Crippen molar-refractivity contribution in [3.63, 3.8) is 0 Å². The van der Waals surface area contributed by atoms with E-state index in [1.54, 1.807) is 0 Å². The van der Waals surface area contributed by atoms with Gasteiger partial charge in [-0.15, -0.1) is 0 Å². The molecule has 0 aliphatic heterocycles. The summed E-state index contributed by atoms with van der Waals surface area (Å²) in [5.41, 5.74) is 3.15. The van der Waals surface area contributed by atoms with Crippen molar-refractivity contribution < 1.29 is 5.11 Å². The van der Waals surface area contributed by atoms with Gasteiger partial charge in [0.2, 0.25) is 0 Å². The average molecular weight is 238 g/mol. The summed E-state index contributed by atoms with van der Waals surface area (Å²) in [4.78, 5) is 4.36. The summed E-state index contributed by atoms with van der Waals surface area (Å²) < 4.78 is 2.06. The zero-order valence-corrected chi connectivity index (χ0v) is 9.95. The summed E-state index contributed by atoms with van der Waals surface area (Å²) in [5.74, 6) is 0. The summed E-state index contributed by atoms with van der Waals surface area (Å²) in [6, 6.07) is 14.0. The van der Waals surface area contributed by atoms with Gasteiger partial charge in [-0.25, -0.2) is 0 Å². The van der Waals surface area contributed by atoms with E-state index in [1.165, 1.54) is 5.56 Å². The van der Waals surface area contributed by atoms with Crippen molar-refractivity contribution in [1.82, 2.24) is 9.55 Å². The second-order valence-electron chi connectivity index (χ2n) is 4.27. The van der Waals surface area contributed by atoms with Crippen LogP contribution in [-0.4, -0.2) is 14.7 Å². The number of para-hydroxylation sites is 1. The third kappa shape index (κ3) is 1.89. The van der Waals surface area contributed by atoms with E-state index >= 15 is 0 Å². The van der Waals surface area contributed by atoms with Crippen molar-refractivity contribution in [1.29, 1.82) is 0 Å². The van der Waals surface area contributed by atoms with Gasteiger partial charge in [0.15, 0.2) is 0 Å². The van der Waals surface area contributed by atoms with Crippen LogP contribution in [0.2, 0.25) is 0 Å². The highest BCUT2D eigenvalue weighted by Crippen LogP contribution is 2.18. The SMILES string of the molecule is OCc1cccn1Cc1ccnc2ccccc12. The molecule has 0 atom stereocenters. The molecule has 3 rings (SSSR count). The van der Waals surface area contributed by atoms with Gasteiger partial charge >= 0.3 is 0 Å². The number of aliphatic hydroxyl groups excluding tert-OH is 1. The highest BCUT2D eigenvalue weighted by Gasteiger charge is 2.04. The highest BCUT2D eigenvalue weighted by molar-refractivity contribution is 5.81. The summed E-state index contributed by atoms with van der Waals surface area (Å²) in [7, 11) is 0. The number of aliphatic hydroxyl groups is 1. The zero-order valence-electron chi connectivity index (χ0n) is 9.95. The molecule has 0 fully saturated rings. The summed E-state index contributed by atoms with van der Waals surface area (Å²) in [6.07, 6.45) is 3.82. The van der Waals surface area contributed by atoms with Crippen molar-refractivity contribution in [3.05, 3.63) is 66.1 Å². The standard InChI is InChI=1S/C15H14N2O/c18-11-13-4-3-9-17(13)10-12-7-8-16-15-6-2-1-5-14(12)15/h1-9,18H,10-11H2. The van der Waals surface area contributed by atoms with Gasteiger partial charge in [-0.1, -0.05) is 18.2 Å². The molecule has 0 saturated carbocycles. The number of hydrogen-bond donors (Lipinski definition) is 1. The topological polar surface area (TPSA) is 38.0 Å². The second-order valence-corrected chi connectivity index (χ2v) is 4.27. The molecule has 0 aliphatic carbocycles. The van der Waals surface area contributed by atoms with Crippen LogP contribution in [0.4, 0.5) is 0 Å². The Hall–Kier alpha value is -2.13. The fraction of sp³-hybridized carbons (Fsp3) is 0.133. The van der Waals surface area contributed by atoms with Gasteiger partial charge in [0, 0.05) is 30.0 Å². The quantitative estimate of drug-likeness (QED) is 0.761. The Labute approximate surface area is 105 Å². The smallest absolute Gasteiger partial charge is 0.0832 e. The van der Waals surface area contributed by atoms with Gasteiger partial charge in [0.25, 0.3) is 0 Å². The maximum atomic E-state index is 9.27. The molecule has 0 saturated heterocycles. The molecule has 2 heterocycles. The van der Waals surface area contributed by atoms with Crippen LogP contribution in [-0.2, 0) is 13.2 Å². The number of pyridine rings is 1. The van der Waals surface area contributed by atoms with Gasteiger partial charge in [0.05, 0.1) is 12.1 Å². The molecule has 1 N–H and O–H groups in total. The highest BCUT2D eigenvalue weighted by atomic mass is 16.3. The summed E-state index contributed by atoms with van der Waals surface area (Å²) in [6.45, 7) is 0.821. The van der Waals surface area contributed by atoms with E-state index in [9.17, 15) is 5.11 Å². The van der Waals surface area contributed by atoms with E-state index in [2.05, 4.69) is 15.6 Å². The fourth-order valence-electron chi connectivity index (χ4n) is 2.22. The lowest BCUT2D eigenvalue weighted by Gasteiger charge is -2.09. The van der Waals surface area contributed by atoms with E-state index in [-0.39, 0.29) is 6.61 Å². The molecule has 3 heteroatoms. The molecule has 2 aromatic heterocycles. The van der Waals surface area contributed by atoms with Gasteiger partial charge in [-0.3, -0.25) is 4.98 Å². The first-order valence-corrected chi connectivity index (χ1v) is 5.96. The Morgan fingerprint density at radius 3 is 2.83 bits per heavy atom. The molecule has 0 bridgehead atoms. The maximum Gasteiger partial charge on any atom is 0.0832 e. The van der Waals surface area contributed by atoms with Crippen LogP contribution in [0.1, 0.15) is 11.3 Å². The molecule has 18 heavy (non-hydrogen) atoms. The molecule has 0 aliphatic rings. The molecule has 3 nitrogen and oxygen atoms in total. The normalized spacial score (nSPS) is 10.9. The van der Waals surface area contributed by atoms with Gasteiger partial charge in [0.1, 0.15) is 0 Å². The predicted octanol–water partition coefficient (Wildman–Crippen LogP) is 2.58. The van der Waals surface area contributed by atoms with Gasteiger partial charge < -0.3 is 9.67 Å². The van der Waals surface area contributed by atoms with Crippen LogP contribution >= 0.6 is 0 Å². The molecule has 0 radical (unpaired) electrons. The number of rotatable bonds is 3. The molecule has 1 aromatic carbocycles. The van der Waals surface area contributed by atoms with Crippen LogP contribution in [0.25, 0.3) is 10.9 Å². The first-order chi connectivity index (χ1) is 8.88. The third-order valence-corrected chi connectivity index (χ3v) is 3.17. The first-order valence-electron chi connectivity index (χ1n) is 5.96. The second kappa shape index (κ2) is 4.63. The van der Waals surface area contributed by atoms with Gasteiger partial charge in [-0.05, 0) is 29.8 Å². The summed E-state index contributed by atoms with van der Waals surface area (Å²) in [5, 5.41) is 10.4. The number of hydrogen-bond acceptors (Lipinski definition) is 2. The van der Waals surface area contributed by atoms with Crippen LogP contribution < -0.4 is 0 Å². The van der Waals surface area contributed by atoms with E-state index in [0.717, 1.165) is 23.1 Å². The molecule has 90 valence electrons. The minimum Gasteiger partial charge on any atom is -0.390 e. The predicted molar refractivity (Wildman–Crippen MR) is 71.2 cm³/mol. The van der Waals surface area contributed by atoms with E-state index < -0.39 is 0 Å². The molecule has 0 spiro atoms. The van der Waals surface area contributed by atoms with E-state index in [1.807, 2.05) is 48.8 Å². The Kier molecular flexibility index (Phi) is 2.82. The molecular formula is C15H14N2O. The van der Waals surface area contributed by atoms with E-state index in [0.29, 0.717) is 0 Å². The lowest BCUT2D eigenvalue weighted by molar-refractivity contribution is 0.271. The Morgan fingerprint density at radius 1 is 1.06 bits per heavy atom. The lowest BCUT2D eigenvalue weighted by atomic mass is 10.1. The largest absolute Gasteiger partial charge is 0.390 e. The minimum atomic E-state index is 0.0655. The Balaban J connectivity index is 2.05. The maximum absolute atomic E-state index is 9.27. The van der Waals surface area contributed by atoms with Crippen LogP contribution in [0.15, 0.2) is 54.9 Å². The summed E-state index contributed by atoms with van der Waals surface area (Å²) >= 11 is 0. The Morgan fingerprint density at radius 2 is 1.94 bits per heavy atom. The zero-order chi connectivity index (χ0) is 12.4. The Bertz CT molecular complexity index is 668. The number of aromatic nitrogens is 2. The lowest BCUT2D eigenvalue weighted by Crippen LogP contribution is -2.03. The first kappa shape index (κ1) is 11.0. The molecule has 3 aromatic rings.